The van der Waals surface area contributed by atoms with Crippen molar-refractivity contribution in [2.24, 2.45) is 4.99 Å². The maximum absolute atomic E-state index is 5.63. The van der Waals surface area contributed by atoms with Gasteiger partial charge in [0.25, 0.3) is 0 Å². The zero-order chi connectivity index (χ0) is 10.7. The number of nitrogens with zero attached hydrogens (tertiary/aromatic N) is 1. The molecule has 0 heterocycles. The zero-order valence-corrected chi connectivity index (χ0v) is 8.35. The van der Waals surface area contributed by atoms with Crippen molar-refractivity contribution in [2.45, 2.75) is 0 Å². The fraction of sp³-hybridized carbons (Fsp3) is 0. The van der Waals surface area contributed by atoms with Gasteiger partial charge in [-0.25, -0.2) is 0 Å². The number of aliphatic imine (C=N–C) groups is 1. The minimum atomic E-state index is 0.781. The monoisotopic (exact) mass is 196 g/mol. The third-order valence-electron chi connectivity index (χ3n) is 2.29. The molecule has 2 rings (SSSR count). The zero-order valence-electron chi connectivity index (χ0n) is 8.35. The van der Waals surface area contributed by atoms with E-state index < -0.39 is 0 Å². The largest absolute Gasteiger partial charge is 0.399 e. The van der Waals surface area contributed by atoms with Crippen LogP contribution < -0.4 is 5.73 Å². The third-order valence-corrected chi connectivity index (χ3v) is 2.29. The van der Waals surface area contributed by atoms with Crippen molar-refractivity contribution in [3.8, 4) is 11.1 Å². The molecule has 0 aliphatic heterocycles. The lowest BCUT2D eigenvalue weighted by atomic mass is 10.1. The van der Waals surface area contributed by atoms with Crippen molar-refractivity contribution >= 4 is 18.1 Å². The normalized spacial score (nSPS) is 9.87. The molecular weight excluding hydrogens is 184 g/mol. The molecule has 2 aromatic rings. The van der Waals surface area contributed by atoms with Gasteiger partial charge in [-0.05, 0) is 42.1 Å². The minimum absolute atomic E-state index is 0.781. The van der Waals surface area contributed by atoms with E-state index in [1.807, 2.05) is 48.5 Å². The van der Waals surface area contributed by atoms with Crippen molar-refractivity contribution in [3.63, 3.8) is 0 Å². The van der Waals surface area contributed by atoms with Gasteiger partial charge in [-0.2, -0.15) is 0 Å². The number of nitrogen functional groups attached to an aromatic ring is 1. The van der Waals surface area contributed by atoms with Gasteiger partial charge in [-0.3, -0.25) is 4.99 Å². The van der Waals surface area contributed by atoms with Crippen molar-refractivity contribution in [2.75, 3.05) is 5.73 Å². The summed E-state index contributed by atoms with van der Waals surface area (Å²) in [5.41, 5.74) is 9.60. The number of rotatable bonds is 2. The molecule has 2 heteroatoms. The van der Waals surface area contributed by atoms with E-state index >= 15 is 0 Å². The Balaban J connectivity index is 2.37. The van der Waals surface area contributed by atoms with Gasteiger partial charge in [0, 0.05) is 5.69 Å². The Morgan fingerprint density at radius 3 is 1.73 bits per heavy atom. The van der Waals surface area contributed by atoms with Crippen LogP contribution in [-0.4, -0.2) is 6.72 Å². The van der Waals surface area contributed by atoms with Crippen LogP contribution in [0.15, 0.2) is 53.5 Å². The van der Waals surface area contributed by atoms with Crippen LogP contribution >= 0.6 is 0 Å². The molecule has 0 fully saturated rings. The predicted molar refractivity (Wildman–Crippen MR) is 65.5 cm³/mol. The number of benzene rings is 2. The molecule has 0 saturated carbocycles. The summed E-state index contributed by atoms with van der Waals surface area (Å²) in [7, 11) is 0. The van der Waals surface area contributed by atoms with E-state index in [9.17, 15) is 0 Å². The van der Waals surface area contributed by atoms with Gasteiger partial charge in [-0.15, -0.1) is 0 Å². The van der Waals surface area contributed by atoms with Gasteiger partial charge in [0.15, 0.2) is 0 Å². The molecule has 0 spiro atoms. The van der Waals surface area contributed by atoms with Gasteiger partial charge < -0.3 is 5.73 Å². The smallest absolute Gasteiger partial charge is 0.0622 e. The van der Waals surface area contributed by atoms with Crippen LogP contribution in [0.1, 0.15) is 0 Å². The molecule has 0 amide bonds. The van der Waals surface area contributed by atoms with E-state index in [0.29, 0.717) is 0 Å². The molecule has 74 valence electrons. The summed E-state index contributed by atoms with van der Waals surface area (Å²) in [4.78, 5) is 3.85. The predicted octanol–water partition coefficient (Wildman–Crippen LogP) is 3.27. The molecule has 0 unspecified atom stereocenters. The Morgan fingerprint density at radius 1 is 0.800 bits per heavy atom. The second kappa shape index (κ2) is 3.96. The highest BCUT2D eigenvalue weighted by Crippen LogP contribution is 2.22. The molecule has 2 aromatic carbocycles. The summed E-state index contributed by atoms with van der Waals surface area (Å²) in [6, 6.07) is 15.7. The van der Waals surface area contributed by atoms with Crippen LogP contribution in [0.5, 0.6) is 0 Å². The van der Waals surface area contributed by atoms with E-state index in [0.717, 1.165) is 22.5 Å². The highest BCUT2D eigenvalue weighted by molar-refractivity contribution is 5.67. The van der Waals surface area contributed by atoms with E-state index in [1.54, 1.807) is 0 Å². The van der Waals surface area contributed by atoms with E-state index in [2.05, 4.69) is 11.7 Å². The van der Waals surface area contributed by atoms with Gasteiger partial charge in [0.2, 0.25) is 0 Å². The molecule has 15 heavy (non-hydrogen) atoms. The van der Waals surface area contributed by atoms with Crippen molar-refractivity contribution in [3.05, 3.63) is 48.5 Å². The lowest BCUT2D eigenvalue weighted by Gasteiger charge is -2.02. The molecule has 0 aliphatic carbocycles. The first kappa shape index (κ1) is 9.46. The molecule has 0 aromatic heterocycles. The summed E-state index contributed by atoms with van der Waals surface area (Å²) in [5.74, 6) is 0. The molecule has 0 bridgehead atoms. The minimum Gasteiger partial charge on any atom is -0.399 e. The Morgan fingerprint density at radius 2 is 1.27 bits per heavy atom. The maximum Gasteiger partial charge on any atom is 0.0622 e. The Labute approximate surface area is 89.1 Å². The molecule has 0 aliphatic rings. The Hall–Kier alpha value is -2.09. The van der Waals surface area contributed by atoms with Crippen LogP contribution in [0.4, 0.5) is 11.4 Å². The second-order valence-corrected chi connectivity index (χ2v) is 3.33. The first-order valence-electron chi connectivity index (χ1n) is 4.72. The number of hydrogen-bond donors (Lipinski definition) is 1. The molecule has 2 N–H and O–H groups in total. The fourth-order valence-corrected chi connectivity index (χ4v) is 1.43. The van der Waals surface area contributed by atoms with Gasteiger partial charge in [0.05, 0.1) is 5.69 Å². The summed E-state index contributed by atoms with van der Waals surface area (Å²) in [6.07, 6.45) is 0. The van der Waals surface area contributed by atoms with Crippen LogP contribution in [-0.2, 0) is 0 Å². The average molecular weight is 196 g/mol. The molecular formula is C13H12N2. The highest BCUT2D eigenvalue weighted by atomic mass is 14.7. The average Bonchev–Trinajstić information content (AvgIpc) is 2.30. The number of anilines is 1. The first-order chi connectivity index (χ1) is 7.29. The van der Waals surface area contributed by atoms with E-state index in [4.69, 9.17) is 5.73 Å². The van der Waals surface area contributed by atoms with Gasteiger partial charge in [0.1, 0.15) is 0 Å². The van der Waals surface area contributed by atoms with Gasteiger partial charge in [-0.1, -0.05) is 24.3 Å². The number of hydrogen-bond acceptors (Lipinski definition) is 2. The first-order valence-corrected chi connectivity index (χ1v) is 4.72. The van der Waals surface area contributed by atoms with Crippen LogP contribution in [0.3, 0.4) is 0 Å². The molecule has 2 nitrogen and oxygen atoms in total. The maximum atomic E-state index is 5.63. The molecule has 0 radical (unpaired) electrons. The summed E-state index contributed by atoms with van der Waals surface area (Å²) >= 11 is 0. The fourth-order valence-electron chi connectivity index (χ4n) is 1.43. The highest BCUT2D eigenvalue weighted by Gasteiger charge is 1.96. The second-order valence-electron chi connectivity index (χ2n) is 3.33. The van der Waals surface area contributed by atoms with E-state index in [-0.39, 0.29) is 0 Å². The lowest BCUT2D eigenvalue weighted by Crippen LogP contribution is -1.83. The summed E-state index contributed by atoms with van der Waals surface area (Å²) in [6.45, 7) is 3.48. The van der Waals surface area contributed by atoms with Crippen LogP contribution in [0.2, 0.25) is 0 Å². The Kier molecular flexibility index (Phi) is 2.50. The Bertz CT molecular complexity index is 455. The van der Waals surface area contributed by atoms with Crippen LogP contribution in [0.25, 0.3) is 11.1 Å². The van der Waals surface area contributed by atoms with Gasteiger partial charge >= 0.3 is 0 Å². The van der Waals surface area contributed by atoms with Crippen LogP contribution in [0, 0.1) is 0 Å². The van der Waals surface area contributed by atoms with Crippen molar-refractivity contribution < 1.29 is 0 Å². The third kappa shape index (κ3) is 2.05. The summed E-state index contributed by atoms with van der Waals surface area (Å²) < 4.78 is 0. The molecule has 0 atom stereocenters. The number of nitrogens with two attached hydrogens (primary N) is 1. The quantitative estimate of drug-likeness (QED) is 0.581. The lowest BCUT2D eigenvalue weighted by molar-refractivity contribution is 1.54. The topological polar surface area (TPSA) is 38.4 Å². The molecule has 0 saturated heterocycles. The SMILES string of the molecule is C=Nc1ccc(-c2ccc(N)cc2)cc1. The van der Waals surface area contributed by atoms with E-state index in [1.165, 1.54) is 0 Å². The standard InChI is InChI=1S/C13H12N2/c1-15-13-8-4-11(5-9-13)10-2-6-12(14)7-3-10/h2-9H,1,14H2. The summed E-state index contributed by atoms with van der Waals surface area (Å²) in [5, 5.41) is 0. The van der Waals surface area contributed by atoms with Crippen molar-refractivity contribution in [1.29, 1.82) is 0 Å². The van der Waals surface area contributed by atoms with Crippen molar-refractivity contribution in [1.82, 2.24) is 0 Å².